The van der Waals surface area contributed by atoms with Crippen LogP contribution in [0.1, 0.15) is 21.7 Å². The molecule has 1 aliphatic heterocycles. The maximum atomic E-state index is 12.9. The maximum absolute atomic E-state index is 12.9. The Morgan fingerprint density at radius 1 is 1.18 bits per heavy atom. The number of hydrogen-bond donors (Lipinski definition) is 2. The van der Waals surface area contributed by atoms with Gasteiger partial charge in [-0.3, -0.25) is 10.2 Å². The van der Waals surface area contributed by atoms with Gasteiger partial charge in [-0.2, -0.15) is 0 Å². The molecule has 2 heterocycles. The summed E-state index contributed by atoms with van der Waals surface area (Å²) in [5, 5.41) is 10.5. The molecule has 3 aromatic rings. The molecule has 2 aromatic carbocycles. The highest BCUT2D eigenvalue weighted by molar-refractivity contribution is 8.26. The van der Waals surface area contributed by atoms with Crippen LogP contribution in [-0.4, -0.2) is 40.4 Å². The third kappa shape index (κ3) is 4.64. The highest BCUT2D eigenvalue weighted by atomic mass is 32.2. The highest BCUT2D eigenvalue weighted by Crippen LogP contribution is 2.35. The average molecular weight is 480 g/mol. The van der Waals surface area contributed by atoms with Crippen LogP contribution in [0.15, 0.2) is 63.9 Å². The number of amides is 1. The summed E-state index contributed by atoms with van der Waals surface area (Å²) < 4.78 is 6.26. The van der Waals surface area contributed by atoms with E-state index < -0.39 is 5.97 Å². The Hall–Kier alpha value is -3.56. The summed E-state index contributed by atoms with van der Waals surface area (Å²) in [5.74, 6) is -0.258. The second kappa shape index (κ2) is 9.13. The first-order valence-electron chi connectivity index (χ1n) is 9.99. The van der Waals surface area contributed by atoms with Gasteiger partial charge >= 0.3 is 5.97 Å². The van der Waals surface area contributed by atoms with Crippen molar-refractivity contribution < 1.29 is 19.1 Å². The Bertz CT molecular complexity index is 1300. The number of carboxylic acids is 1. The zero-order valence-corrected chi connectivity index (χ0v) is 19.8. The van der Waals surface area contributed by atoms with Gasteiger partial charge in [-0.1, -0.05) is 23.9 Å². The summed E-state index contributed by atoms with van der Waals surface area (Å²) in [5.41, 5.74) is 6.30. The molecule has 9 heteroatoms. The largest absolute Gasteiger partial charge is 0.478 e. The maximum Gasteiger partial charge on any atom is 0.337 e. The van der Waals surface area contributed by atoms with Gasteiger partial charge in [0.25, 0.3) is 5.91 Å². The number of nitrogens with one attached hydrogen (secondary N) is 1. The molecule has 0 radical (unpaired) electrons. The molecule has 1 aromatic heterocycles. The Morgan fingerprint density at radius 3 is 2.64 bits per heavy atom. The molecule has 1 saturated heterocycles. The molecule has 168 valence electrons. The lowest BCUT2D eigenvalue weighted by Crippen LogP contribution is -2.34. The van der Waals surface area contributed by atoms with Gasteiger partial charge in [0.15, 0.2) is 4.32 Å². The minimum absolute atomic E-state index is 0.0434. The predicted molar refractivity (Wildman–Crippen MR) is 135 cm³/mol. The summed E-state index contributed by atoms with van der Waals surface area (Å²) in [6, 6.07) is 16.1. The smallest absolute Gasteiger partial charge is 0.337 e. The lowest BCUT2D eigenvalue weighted by atomic mass is 10.1. The van der Waals surface area contributed by atoms with E-state index >= 15 is 0 Å². The second-order valence-corrected chi connectivity index (χ2v) is 9.25. The molecule has 0 atom stereocenters. The molecule has 0 saturated carbocycles. The number of thiocarbonyl (C=S) groups is 1. The molecule has 7 nitrogen and oxygen atoms in total. The number of nitrogens with zero attached hydrogens (tertiary/aromatic N) is 2. The van der Waals surface area contributed by atoms with Crippen molar-refractivity contribution in [2.45, 2.75) is 6.92 Å². The van der Waals surface area contributed by atoms with Gasteiger partial charge < -0.3 is 14.4 Å². The first kappa shape index (κ1) is 22.6. The lowest BCUT2D eigenvalue weighted by molar-refractivity contribution is -0.121. The number of carbonyl (C=O) groups is 2. The van der Waals surface area contributed by atoms with Gasteiger partial charge in [-0.05, 0) is 67.2 Å². The van der Waals surface area contributed by atoms with Gasteiger partial charge in [-0.15, -0.1) is 0 Å². The minimum Gasteiger partial charge on any atom is -0.478 e. The fourth-order valence-electron chi connectivity index (χ4n) is 3.36. The van der Waals surface area contributed by atoms with Crippen LogP contribution in [0.3, 0.4) is 0 Å². The fraction of sp³-hybridized carbons (Fsp3) is 0.125. The summed E-state index contributed by atoms with van der Waals surface area (Å²) >= 11 is 6.45. The van der Waals surface area contributed by atoms with Crippen molar-refractivity contribution in [3.63, 3.8) is 0 Å². The Kier molecular flexibility index (Phi) is 6.26. The number of aryl methyl sites for hydroxylation is 1. The zero-order chi connectivity index (χ0) is 23.7. The van der Waals surface area contributed by atoms with E-state index in [1.165, 1.54) is 11.1 Å². The molecule has 0 aliphatic carbocycles. The monoisotopic (exact) mass is 479 g/mol. The van der Waals surface area contributed by atoms with E-state index in [1.807, 2.05) is 44.1 Å². The van der Waals surface area contributed by atoms with Crippen molar-refractivity contribution in [2.75, 3.05) is 24.4 Å². The zero-order valence-electron chi connectivity index (χ0n) is 18.2. The Labute approximate surface area is 200 Å². The van der Waals surface area contributed by atoms with Crippen molar-refractivity contribution >= 4 is 57.6 Å². The Morgan fingerprint density at radius 2 is 1.94 bits per heavy atom. The van der Waals surface area contributed by atoms with Crippen LogP contribution in [0.2, 0.25) is 0 Å². The van der Waals surface area contributed by atoms with Gasteiger partial charge in [0.1, 0.15) is 11.5 Å². The number of hydrogen-bond acceptors (Lipinski definition) is 7. The second-order valence-electron chi connectivity index (χ2n) is 7.58. The number of para-hydroxylation sites is 1. The van der Waals surface area contributed by atoms with Crippen molar-refractivity contribution in [2.24, 2.45) is 0 Å². The normalized spacial score (nSPS) is 14.8. The van der Waals surface area contributed by atoms with Crippen LogP contribution in [0.25, 0.3) is 17.4 Å². The summed E-state index contributed by atoms with van der Waals surface area (Å²) in [6.07, 6.45) is 1.64. The third-order valence-electron chi connectivity index (χ3n) is 5.08. The molecule has 33 heavy (non-hydrogen) atoms. The van der Waals surface area contributed by atoms with Crippen LogP contribution in [0, 0.1) is 6.92 Å². The van der Waals surface area contributed by atoms with Gasteiger partial charge in [-0.25, -0.2) is 9.80 Å². The predicted octanol–water partition coefficient (Wildman–Crippen LogP) is 5.25. The van der Waals surface area contributed by atoms with E-state index in [9.17, 15) is 14.7 Å². The van der Waals surface area contributed by atoms with Crippen LogP contribution in [0.5, 0.6) is 0 Å². The molecule has 1 aliphatic rings. The quantitative estimate of drug-likeness (QED) is 0.366. The van der Waals surface area contributed by atoms with Gasteiger partial charge in [0.2, 0.25) is 0 Å². The van der Waals surface area contributed by atoms with Crippen LogP contribution in [0.4, 0.5) is 11.4 Å². The van der Waals surface area contributed by atoms with Gasteiger partial charge in [0.05, 0.1) is 16.2 Å². The van der Waals surface area contributed by atoms with Crippen molar-refractivity contribution in [3.05, 3.63) is 76.4 Å². The molecule has 1 amide bonds. The van der Waals surface area contributed by atoms with E-state index in [2.05, 4.69) is 11.5 Å². The molecular formula is C24H21N3O4S2. The molecule has 0 unspecified atom stereocenters. The topological polar surface area (TPSA) is 86.0 Å². The fourth-order valence-corrected chi connectivity index (χ4v) is 4.52. The van der Waals surface area contributed by atoms with E-state index in [0.717, 1.165) is 28.6 Å². The molecule has 0 bridgehead atoms. The summed E-state index contributed by atoms with van der Waals surface area (Å²) in [6.45, 7) is 2.02. The number of carboxylic acid groups (broad SMARTS) is 1. The first-order valence-corrected chi connectivity index (χ1v) is 11.2. The summed E-state index contributed by atoms with van der Waals surface area (Å²) in [4.78, 5) is 26.8. The van der Waals surface area contributed by atoms with Crippen molar-refractivity contribution in [1.82, 2.24) is 5.01 Å². The number of thioether (sulfide) groups is 1. The molecule has 1 fully saturated rings. The standard InChI is InChI=1S/C24H21N3O4S2/c1-14-12-15(26(2)3)8-10-17(14)20-11-9-16(31-20)13-21-22(28)27(24(32)33-21)25-19-7-5-4-6-18(19)23(29)30/h4-13,25H,1-3H3,(H,29,30)/b21-13+. The van der Waals surface area contributed by atoms with Crippen LogP contribution in [-0.2, 0) is 4.79 Å². The van der Waals surface area contributed by atoms with E-state index in [1.54, 1.807) is 30.3 Å². The molecule has 2 N–H and O–H groups in total. The van der Waals surface area contributed by atoms with Crippen LogP contribution < -0.4 is 10.3 Å². The number of rotatable bonds is 6. The lowest BCUT2D eigenvalue weighted by Gasteiger charge is -2.18. The van der Waals surface area contributed by atoms with Crippen molar-refractivity contribution in [3.8, 4) is 11.3 Å². The average Bonchev–Trinajstić information content (AvgIpc) is 3.34. The van der Waals surface area contributed by atoms with E-state index in [0.29, 0.717) is 16.4 Å². The molecule has 4 rings (SSSR count). The SMILES string of the molecule is Cc1cc(N(C)C)ccc1-c1ccc(/C=C2/SC(=S)N(Nc3ccccc3C(=O)O)C2=O)o1. The number of hydrazine groups is 1. The molecule has 0 spiro atoms. The molecular weight excluding hydrogens is 458 g/mol. The number of carbonyl (C=O) groups excluding carboxylic acids is 1. The number of anilines is 2. The van der Waals surface area contributed by atoms with E-state index in [-0.39, 0.29) is 21.5 Å². The van der Waals surface area contributed by atoms with Crippen molar-refractivity contribution in [1.29, 1.82) is 0 Å². The Balaban J connectivity index is 1.56. The van der Waals surface area contributed by atoms with Gasteiger partial charge in [0, 0.05) is 31.4 Å². The first-order chi connectivity index (χ1) is 15.7. The third-order valence-corrected chi connectivity index (χ3v) is 6.38. The number of furan rings is 1. The summed E-state index contributed by atoms with van der Waals surface area (Å²) in [7, 11) is 3.98. The number of aromatic carboxylic acids is 1. The minimum atomic E-state index is -1.10. The highest BCUT2D eigenvalue weighted by Gasteiger charge is 2.33. The number of benzene rings is 2. The van der Waals surface area contributed by atoms with Crippen LogP contribution >= 0.6 is 24.0 Å². The van der Waals surface area contributed by atoms with E-state index in [4.69, 9.17) is 16.6 Å².